The number of piperidine rings is 1. The van der Waals surface area contributed by atoms with Gasteiger partial charge in [0.1, 0.15) is 5.75 Å². The monoisotopic (exact) mass is 431 g/mol. The molecular formula is C26H29N3O3. The van der Waals surface area contributed by atoms with Gasteiger partial charge < -0.3 is 19.9 Å². The highest BCUT2D eigenvalue weighted by Crippen LogP contribution is 2.59. The van der Waals surface area contributed by atoms with Gasteiger partial charge in [-0.1, -0.05) is 36.4 Å². The molecule has 6 heteroatoms. The predicted octanol–water partition coefficient (Wildman–Crippen LogP) is 3.53. The third-order valence-electron chi connectivity index (χ3n) is 7.09. The highest BCUT2D eigenvalue weighted by Gasteiger charge is 2.58. The van der Waals surface area contributed by atoms with Gasteiger partial charge in [-0.3, -0.25) is 9.59 Å². The van der Waals surface area contributed by atoms with Gasteiger partial charge in [0.05, 0.1) is 0 Å². The summed E-state index contributed by atoms with van der Waals surface area (Å²) in [4.78, 5) is 30.4. The number of hydrogen-bond donors (Lipinski definition) is 2. The van der Waals surface area contributed by atoms with Crippen LogP contribution in [0.4, 0.5) is 0 Å². The molecule has 1 saturated carbocycles. The maximum absolute atomic E-state index is 12.7. The molecular weight excluding hydrogens is 402 g/mol. The summed E-state index contributed by atoms with van der Waals surface area (Å²) >= 11 is 0. The van der Waals surface area contributed by atoms with Crippen molar-refractivity contribution in [2.45, 2.75) is 25.7 Å². The first-order valence-electron chi connectivity index (χ1n) is 11.4. The molecule has 0 bridgehead atoms. The minimum atomic E-state index is 0.0177. The summed E-state index contributed by atoms with van der Waals surface area (Å²) in [6.07, 6.45) is 5.58. The Morgan fingerprint density at radius 1 is 1.06 bits per heavy atom. The summed E-state index contributed by atoms with van der Waals surface area (Å²) in [5.74, 6) is 0.977. The second-order valence-corrected chi connectivity index (χ2v) is 9.00. The maximum Gasteiger partial charge on any atom is 0.260 e. The molecule has 2 aromatic carbocycles. The van der Waals surface area contributed by atoms with Gasteiger partial charge in [-0.2, -0.15) is 0 Å². The Bertz CT molecular complexity index is 1100. The van der Waals surface area contributed by atoms with Gasteiger partial charge in [0.15, 0.2) is 6.61 Å². The predicted molar refractivity (Wildman–Crippen MR) is 123 cm³/mol. The van der Waals surface area contributed by atoms with Crippen LogP contribution in [0.25, 0.3) is 10.9 Å². The lowest BCUT2D eigenvalue weighted by molar-refractivity contribution is -0.135. The molecule has 2 N–H and O–H groups in total. The topological polar surface area (TPSA) is 74.4 Å². The fourth-order valence-corrected chi connectivity index (χ4v) is 5.01. The molecule has 1 atom stereocenters. The number of aromatic amines is 1. The number of likely N-dealkylation sites (tertiary alicyclic amines) is 1. The Kier molecular flexibility index (Phi) is 5.60. The number of H-pyrrole nitrogens is 1. The van der Waals surface area contributed by atoms with Gasteiger partial charge >= 0.3 is 0 Å². The Labute approximate surface area is 187 Å². The number of nitrogens with one attached hydrogen (secondary N) is 2. The Morgan fingerprint density at radius 3 is 2.62 bits per heavy atom. The van der Waals surface area contributed by atoms with Crippen molar-refractivity contribution < 1.29 is 14.3 Å². The summed E-state index contributed by atoms with van der Waals surface area (Å²) in [5, 5.41) is 4.36. The van der Waals surface area contributed by atoms with Crippen LogP contribution in [0.3, 0.4) is 0 Å². The van der Waals surface area contributed by atoms with E-state index in [1.54, 1.807) is 0 Å². The first kappa shape index (κ1) is 20.6. The number of hydrogen-bond acceptors (Lipinski definition) is 3. The summed E-state index contributed by atoms with van der Waals surface area (Å²) in [6.45, 7) is 2.12. The highest BCUT2D eigenvalue weighted by atomic mass is 16.5. The van der Waals surface area contributed by atoms with Gasteiger partial charge in [-0.05, 0) is 54.9 Å². The number of rotatable bonds is 7. The fourth-order valence-electron chi connectivity index (χ4n) is 5.01. The molecule has 1 saturated heterocycles. The number of aromatic nitrogens is 1. The maximum atomic E-state index is 12.7. The van der Waals surface area contributed by atoms with Crippen molar-refractivity contribution in [3.63, 3.8) is 0 Å². The van der Waals surface area contributed by atoms with Crippen molar-refractivity contribution in [1.29, 1.82) is 0 Å². The highest BCUT2D eigenvalue weighted by molar-refractivity contribution is 5.84. The largest absolute Gasteiger partial charge is 0.484 e. The van der Waals surface area contributed by atoms with E-state index >= 15 is 0 Å². The zero-order valence-electron chi connectivity index (χ0n) is 18.2. The molecule has 5 rings (SSSR count). The molecule has 2 aliphatic rings. The normalized spacial score (nSPS) is 19.1. The smallest absolute Gasteiger partial charge is 0.260 e. The van der Waals surface area contributed by atoms with Gasteiger partial charge in [0.25, 0.3) is 5.91 Å². The molecule has 2 amide bonds. The summed E-state index contributed by atoms with van der Waals surface area (Å²) < 4.78 is 5.59. The van der Waals surface area contributed by atoms with Crippen LogP contribution < -0.4 is 10.1 Å². The number of carbonyl (C=O) groups is 2. The van der Waals surface area contributed by atoms with Crippen LogP contribution in [-0.4, -0.2) is 47.9 Å². The van der Waals surface area contributed by atoms with Crippen molar-refractivity contribution >= 4 is 22.7 Å². The summed E-state index contributed by atoms with van der Waals surface area (Å²) in [6, 6.07) is 17.6. The quantitative estimate of drug-likeness (QED) is 0.601. The molecule has 32 heavy (non-hydrogen) atoms. The number of para-hydroxylation sites is 2. The van der Waals surface area contributed by atoms with Gasteiger partial charge in [0, 0.05) is 42.7 Å². The lowest BCUT2D eigenvalue weighted by Gasteiger charge is -2.32. The van der Waals surface area contributed by atoms with Crippen molar-refractivity contribution in [1.82, 2.24) is 15.2 Å². The standard InChI is InChI=1S/C26H29N3O3/c30-24(18-32-20-6-2-1-3-7-20)29-14-11-26(12-15-29)16-22(26)25(31)27-13-10-19-17-28-23-9-5-4-8-21(19)23/h1-9,17,22,28H,10-16,18H2,(H,27,31)/t22-/m1/s1. The molecule has 3 aromatic rings. The minimum absolute atomic E-state index is 0.0177. The van der Waals surface area contributed by atoms with Crippen molar-refractivity contribution in [3.8, 4) is 5.75 Å². The van der Waals surface area contributed by atoms with Gasteiger partial charge in [-0.25, -0.2) is 0 Å². The number of amides is 2. The first-order valence-corrected chi connectivity index (χ1v) is 11.4. The van der Waals surface area contributed by atoms with Crippen LogP contribution >= 0.6 is 0 Å². The Morgan fingerprint density at radius 2 is 1.81 bits per heavy atom. The number of nitrogens with zero attached hydrogens (tertiary/aromatic N) is 1. The van der Waals surface area contributed by atoms with E-state index in [1.165, 1.54) is 10.9 Å². The lowest BCUT2D eigenvalue weighted by atomic mass is 9.90. The van der Waals surface area contributed by atoms with Gasteiger partial charge in [-0.15, -0.1) is 0 Å². The van der Waals surface area contributed by atoms with Crippen LogP contribution in [0, 0.1) is 11.3 Å². The molecule has 6 nitrogen and oxygen atoms in total. The van der Waals surface area contributed by atoms with E-state index in [-0.39, 0.29) is 29.8 Å². The van der Waals surface area contributed by atoms with Crippen molar-refractivity contribution in [2.75, 3.05) is 26.2 Å². The molecule has 166 valence electrons. The van der Waals surface area contributed by atoms with Crippen LogP contribution in [0.15, 0.2) is 60.8 Å². The number of fused-ring (bicyclic) bond motifs is 1. The average Bonchev–Trinajstić information content (AvgIpc) is 3.38. The van der Waals surface area contributed by atoms with Crippen LogP contribution in [0.2, 0.25) is 0 Å². The van der Waals surface area contributed by atoms with E-state index in [9.17, 15) is 9.59 Å². The molecule has 1 aliphatic carbocycles. The van der Waals surface area contributed by atoms with Crippen molar-refractivity contribution in [2.24, 2.45) is 11.3 Å². The zero-order valence-corrected chi connectivity index (χ0v) is 18.2. The Hall–Kier alpha value is -3.28. The minimum Gasteiger partial charge on any atom is -0.484 e. The van der Waals surface area contributed by atoms with E-state index < -0.39 is 0 Å². The number of carbonyl (C=O) groups excluding carboxylic acids is 2. The second kappa shape index (κ2) is 8.69. The third kappa shape index (κ3) is 4.22. The SMILES string of the molecule is O=C(NCCc1c[nH]c2ccccc12)[C@H]1CC12CCN(C(=O)COc1ccccc1)CC2. The van der Waals surface area contributed by atoms with Crippen molar-refractivity contribution in [3.05, 3.63) is 66.4 Å². The molecule has 0 unspecified atom stereocenters. The Balaban J connectivity index is 1.05. The molecule has 1 aromatic heterocycles. The lowest BCUT2D eigenvalue weighted by Crippen LogP contribution is -2.42. The van der Waals surface area contributed by atoms with Crippen LogP contribution in [-0.2, 0) is 16.0 Å². The average molecular weight is 432 g/mol. The third-order valence-corrected chi connectivity index (χ3v) is 7.09. The molecule has 1 spiro atoms. The fraction of sp³-hybridized carbons (Fsp3) is 0.385. The zero-order chi connectivity index (χ0) is 22.0. The molecule has 2 fully saturated rings. The summed E-state index contributed by atoms with van der Waals surface area (Å²) in [5.41, 5.74) is 2.45. The van der Waals surface area contributed by atoms with E-state index in [1.807, 2.05) is 53.6 Å². The second-order valence-electron chi connectivity index (χ2n) is 9.00. The van der Waals surface area contributed by atoms with E-state index in [0.717, 1.165) is 31.2 Å². The van der Waals surface area contributed by atoms with E-state index in [0.29, 0.717) is 25.4 Å². The first-order chi connectivity index (χ1) is 15.6. The molecule has 2 heterocycles. The molecule has 0 radical (unpaired) electrons. The van der Waals surface area contributed by atoms with Gasteiger partial charge in [0.2, 0.25) is 5.91 Å². The number of benzene rings is 2. The number of ether oxygens (including phenoxy) is 1. The van der Waals surface area contributed by atoms with E-state index in [2.05, 4.69) is 22.4 Å². The van der Waals surface area contributed by atoms with Crippen LogP contribution in [0.1, 0.15) is 24.8 Å². The van der Waals surface area contributed by atoms with E-state index in [4.69, 9.17) is 4.74 Å². The molecule has 1 aliphatic heterocycles. The summed E-state index contributed by atoms with van der Waals surface area (Å²) in [7, 11) is 0. The van der Waals surface area contributed by atoms with Crippen LogP contribution in [0.5, 0.6) is 5.75 Å².